The van der Waals surface area contributed by atoms with E-state index in [1.807, 2.05) is 6.08 Å². The molecule has 2 nitrogen and oxygen atoms in total. The fourth-order valence-electron chi connectivity index (χ4n) is 3.11. The lowest BCUT2D eigenvalue weighted by atomic mass is 9.87. The molecule has 0 aromatic carbocycles. The standard InChI is InChI=1S/C14H23NO/c1-2-3-4-5-6-14(16)11-9-12-7-8-13(10-11)15-12/h2,11-13,15H,1,3-10H2. The van der Waals surface area contributed by atoms with Gasteiger partial charge in [-0.1, -0.05) is 6.08 Å². The molecule has 16 heavy (non-hydrogen) atoms. The molecule has 2 aliphatic heterocycles. The number of unbranched alkanes of at least 4 members (excludes halogenated alkanes) is 2. The first kappa shape index (κ1) is 11.8. The molecule has 2 rings (SSSR count). The van der Waals surface area contributed by atoms with Crippen LogP contribution in [0.4, 0.5) is 0 Å². The van der Waals surface area contributed by atoms with E-state index in [0.29, 0.717) is 23.8 Å². The van der Waals surface area contributed by atoms with Gasteiger partial charge in [-0.3, -0.25) is 4.79 Å². The highest BCUT2D eigenvalue weighted by atomic mass is 16.1. The summed E-state index contributed by atoms with van der Waals surface area (Å²) in [7, 11) is 0. The summed E-state index contributed by atoms with van der Waals surface area (Å²) in [6.45, 7) is 3.70. The topological polar surface area (TPSA) is 29.1 Å². The lowest BCUT2D eigenvalue weighted by Crippen LogP contribution is -2.40. The Morgan fingerprint density at radius 2 is 1.94 bits per heavy atom. The smallest absolute Gasteiger partial charge is 0.136 e. The zero-order valence-corrected chi connectivity index (χ0v) is 10.1. The van der Waals surface area contributed by atoms with Crippen molar-refractivity contribution in [1.29, 1.82) is 0 Å². The van der Waals surface area contributed by atoms with Crippen LogP contribution in [0.2, 0.25) is 0 Å². The van der Waals surface area contributed by atoms with Gasteiger partial charge in [-0.05, 0) is 44.9 Å². The van der Waals surface area contributed by atoms with Crippen molar-refractivity contribution in [2.75, 3.05) is 0 Å². The van der Waals surface area contributed by atoms with Crippen molar-refractivity contribution in [2.24, 2.45) is 5.92 Å². The summed E-state index contributed by atoms with van der Waals surface area (Å²) in [5, 5.41) is 3.59. The van der Waals surface area contributed by atoms with Crippen LogP contribution in [0.3, 0.4) is 0 Å². The fourth-order valence-corrected chi connectivity index (χ4v) is 3.11. The number of rotatable bonds is 6. The van der Waals surface area contributed by atoms with Crippen molar-refractivity contribution in [3.05, 3.63) is 12.7 Å². The Morgan fingerprint density at radius 1 is 1.25 bits per heavy atom. The first-order valence-electron chi connectivity index (χ1n) is 6.69. The van der Waals surface area contributed by atoms with Gasteiger partial charge in [0.05, 0.1) is 0 Å². The minimum Gasteiger partial charge on any atom is -0.311 e. The van der Waals surface area contributed by atoms with Crippen LogP contribution in [0.1, 0.15) is 51.4 Å². The monoisotopic (exact) mass is 221 g/mol. The normalized spacial score (nSPS) is 32.6. The number of ketones is 1. The second kappa shape index (κ2) is 5.62. The fraction of sp³-hybridized carbons (Fsp3) is 0.786. The molecule has 2 heterocycles. The average Bonchev–Trinajstić information content (AvgIpc) is 2.63. The van der Waals surface area contributed by atoms with Crippen LogP contribution in [-0.2, 0) is 4.79 Å². The molecule has 0 aromatic rings. The predicted octanol–water partition coefficient (Wildman–Crippen LogP) is 2.83. The molecule has 1 N–H and O–H groups in total. The molecule has 0 radical (unpaired) electrons. The Morgan fingerprint density at radius 3 is 2.56 bits per heavy atom. The number of nitrogens with one attached hydrogen (secondary N) is 1. The summed E-state index contributed by atoms with van der Waals surface area (Å²) in [6, 6.07) is 1.28. The molecule has 0 saturated carbocycles. The molecule has 2 heteroatoms. The Balaban J connectivity index is 1.71. The van der Waals surface area contributed by atoms with Gasteiger partial charge in [0.2, 0.25) is 0 Å². The van der Waals surface area contributed by atoms with Gasteiger partial charge in [-0.2, -0.15) is 0 Å². The molecule has 0 spiro atoms. The van der Waals surface area contributed by atoms with Crippen LogP contribution in [0.15, 0.2) is 12.7 Å². The molecule has 0 aromatic heterocycles. The molecule has 2 bridgehead atoms. The van der Waals surface area contributed by atoms with Gasteiger partial charge in [0.15, 0.2) is 0 Å². The molecule has 2 fully saturated rings. The van der Waals surface area contributed by atoms with E-state index < -0.39 is 0 Å². The van der Waals surface area contributed by atoms with E-state index in [-0.39, 0.29) is 0 Å². The predicted molar refractivity (Wildman–Crippen MR) is 66.3 cm³/mol. The Bertz CT molecular complexity index is 249. The van der Waals surface area contributed by atoms with E-state index >= 15 is 0 Å². The third-order valence-electron chi connectivity index (χ3n) is 4.01. The van der Waals surface area contributed by atoms with Crippen LogP contribution in [0.25, 0.3) is 0 Å². The quantitative estimate of drug-likeness (QED) is 0.552. The van der Waals surface area contributed by atoms with E-state index in [2.05, 4.69) is 11.9 Å². The maximum atomic E-state index is 12.0. The number of hydrogen-bond donors (Lipinski definition) is 1. The summed E-state index contributed by atoms with van der Waals surface area (Å²) >= 11 is 0. The zero-order valence-electron chi connectivity index (χ0n) is 10.1. The van der Waals surface area contributed by atoms with Crippen LogP contribution < -0.4 is 5.32 Å². The third kappa shape index (κ3) is 2.94. The van der Waals surface area contributed by atoms with E-state index in [1.54, 1.807) is 0 Å². The minimum atomic E-state index is 0.363. The van der Waals surface area contributed by atoms with Crippen molar-refractivity contribution < 1.29 is 4.79 Å². The maximum absolute atomic E-state index is 12.0. The maximum Gasteiger partial charge on any atom is 0.136 e. The summed E-state index contributed by atoms with van der Waals surface area (Å²) in [4.78, 5) is 12.0. The number of carbonyl (C=O) groups excluding carboxylic acids is 1. The summed E-state index contributed by atoms with van der Waals surface area (Å²) < 4.78 is 0. The van der Waals surface area contributed by atoms with Gasteiger partial charge < -0.3 is 5.32 Å². The number of carbonyl (C=O) groups is 1. The van der Waals surface area contributed by atoms with Crippen molar-refractivity contribution >= 4 is 5.78 Å². The van der Waals surface area contributed by atoms with Gasteiger partial charge in [0.1, 0.15) is 5.78 Å². The molecular formula is C14H23NO. The van der Waals surface area contributed by atoms with Crippen molar-refractivity contribution in [3.63, 3.8) is 0 Å². The first-order chi connectivity index (χ1) is 7.79. The van der Waals surface area contributed by atoms with E-state index in [1.165, 1.54) is 12.8 Å². The molecular weight excluding hydrogens is 198 g/mol. The van der Waals surface area contributed by atoms with Crippen LogP contribution in [0.5, 0.6) is 0 Å². The number of allylic oxidation sites excluding steroid dienone is 1. The van der Waals surface area contributed by atoms with Gasteiger partial charge in [-0.15, -0.1) is 6.58 Å². The Kier molecular flexibility index (Phi) is 4.16. The molecule has 0 aliphatic carbocycles. The van der Waals surface area contributed by atoms with E-state index in [9.17, 15) is 4.79 Å². The summed E-state index contributed by atoms with van der Waals surface area (Å²) in [5.74, 6) is 0.880. The van der Waals surface area contributed by atoms with Gasteiger partial charge in [-0.25, -0.2) is 0 Å². The molecule has 2 saturated heterocycles. The molecule has 0 amide bonds. The highest BCUT2D eigenvalue weighted by Crippen LogP contribution is 2.32. The second-order valence-electron chi connectivity index (χ2n) is 5.31. The number of fused-ring (bicyclic) bond motifs is 2. The van der Waals surface area contributed by atoms with Crippen molar-refractivity contribution in [3.8, 4) is 0 Å². The first-order valence-corrected chi connectivity index (χ1v) is 6.69. The Labute approximate surface area is 98.5 Å². The van der Waals surface area contributed by atoms with Crippen LogP contribution in [0, 0.1) is 5.92 Å². The number of Topliss-reactive ketones (excluding diaryl/α,β-unsaturated/α-hetero) is 1. The van der Waals surface area contributed by atoms with Gasteiger partial charge in [0.25, 0.3) is 0 Å². The Hall–Kier alpha value is -0.630. The zero-order chi connectivity index (χ0) is 11.4. The minimum absolute atomic E-state index is 0.363. The SMILES string of the molecule is C=CCCCCC(=O)C1CC2CCC(C1)N2. The lowest BCUT2D eigenvalue weighted by Gasteiger charge is -2.28. The molecule has 2 unspecified atom stereocenters. The lowest BCUT2D eigenvalue weighted by molar-refractivity contribution is -0.124. The highest BCUT2D eigenvalue weighted by Gasteiger charge is 2.35. The number of hydrogen-bond acceptors (Lipinski definition) is 2. The van der Waals surface area contributed by atoms with Crippen LogP contribution >= 0.6 is 0 Å². The van der Waals surface area contributed by atoms with Crippen molar-refractivity contribution in [1.82, 2.24) is 5.32 Å². The van der Waals surface area contributed by atoms with E-state index in [0.717, 1.165) is 38.5 Å². The molecule has 2 atom stereocenters. The van der Waals surface area contributed by atoms with Crippen molar-refractivity contribution in [2.45, 2.75) is 63.5 Å². The third-order valence-corrected chi connectivity index (χ3v) is 4.01. The molecule has 90 valence electrons. The highest BCUT2D eigenvalue weighted by molar-refractivity contribution is 5.81. The average molecular weight is 221 g/mol. The van der Waals surface area contributed by atoms with Gasteiger partial charge in [0, 0.05) is 24.4 Å². The summed E-state index contributed by atoms with van der Waals surface area (Å²) in [5.41, 5.74) is 0. The summed E-state index contributed by atoms with van der Waals surface area (Å²) in [6.07, 6.45) is 10.7. The number of piperidine rings is 1. The van der Waals surface area contributed by atoms with Crippen LogP contribution in [-0.4, -0.2) is 17.9 Å². The second-order valence-corrected chi connectivity index (χ2v) is 5.31. The molecule has 2 aliphatic rings. The van der Waals surface area contributed by atoms with E-state index in [4.69, 9.17) is 0 Å². The largest absolute Gasteiger partial charge is 0.311 e. The van der Waals surface area contributed by atoms with Gasteiger partial charge >= 0.3 is 0 Å².